The zero-order valence-electron chi connectivity index (χ0n) is 12.1. The van der Waals surface area contributed by atoms with Crippen LogP contribution in [0.1, 0.15) is 42.8 Å². The van der Waals surface area contributed by atoms with Gasteiger partial charge in [-0.1, -0.05) is 0 Å². The van der Waals surface area contributed by atoms with Gasteiger partial charge in [0.05, 0.1) is 10.7 Å². The van der Waals surface area contributed by atoms with E-state index in [4.69, 9.17) is 0 Å². The number of rotatable bonds is 4. The fraction of sp³-hybridized carbons (Fsp3) is 0.733. The number of nitrogens with one attached hydrogen (secondary N) is 1. The van der Waals surface area contributed by atoms with Gasteiger partial charge in [0.25, 0.3) is 0 Å². The number of carbonyl (C=O) groups excluding carboxylic acids is 1. The van der Waals surface area contributed by atoms with Crippen molar-refractivity contribution in [3.8, 4) is 0 Å². The van der Waals surface area contributed by atoms with E-state index < -0.39 is 0 Å². The van der Waals surface area contributed by atoms with E-state index in [1.807, 2.05) is 6.92 Å². The summed E-state index contributed by atoms with van der Waals surface area (Å²) in [5.74, 6) is 0.325. The monoisotopic (exact) mass is 293 g/mol. The molecule has 1 N–H and O–H groups in total. The highest BCUT2D eigenvalue weighted by Gasteiger charge is 2.30. The topological polar surface area (TPSA) is 45.2 Å². The Morgan fingerprint density at radius 2 is 2.30 bits per heavy atom. The van der Waals surface area contributed by atoms with E-state index in [0.29, 0.717) is 24.4 Å². The molecular weight excluding hydrogens is 270 g/mol. The maximum atomic E-state index is 12.3. The van der Waals surface area contributed by atoms with Crippen molar-refractivity contribution in [1.29, 1.82) is 0 Å². The molecule has 0 aromatic carbocycles. The highest BCUT2D eigenvalue weighted by atomic mass is 32.1. The normalized spacial score (nSPS) is 25.8. The summed E-state index contributed by atoms with van der Waals surface area (Å²) in [5, 5.41) is 6.84. The molecule has 2 bridgehead atoms. The summed E-state index contributed by atoms with van der Waals surface area (Å²) in [4.78, 5) is 18.8. The molecule has 3 heterocycles. The molecule has 2 unspecified atom stereocenters. The Balaban J connectivity index is 1.44. The number of amides is 1. The van der Waals surface area contributed by atoms with Gasteiger partial charge in [0.2, 0.25) is 5.91 Å². The Labute approximate surface area is 124 Å². The molecule has 1 aromatic rings. The predicted octanol–water partition coefficient (Wildman–Crippen LogP) is 2.13. The van der Waals surface area contributed by atoms with Crippen LogP contribution in [0, 0.1) is 6.92 Å². The quantitative estimate of drug-likeness (QED) is 0.925. The predicted molar refractivity (Wildman–Crippen MR) is 80.9 cm³/mol. The van der Waals surface area contributed by atoms with Gasteiger partial charge < -0.3 is 10.2 Å². The van der Waals surface area contributed by atoms with Crippen LogP contribution in [0.2, 0.25) is 0 Å². The molecule has 0 aliphatic carbocycles. The van der Waals surface area contributed by atoms with Crippen molar-refractivity contribution < 1.29 is 4.79 Å². The zero-order valence-corrected chi connectivity index (χ0v) is 12.9. The molecule has 0 radical (unpaired) electrons. The fourth-order valence-corrected chi connectivity index (χ4v) is 3.92. The van der Waals surface area contributed by atoms with Crippen molar-refractivity contribution in [2.75, 3.05) is 13.1 Å². The lowest BCUT2D eigenvalue weighted by Gasteiger charge is -2.24. The standard InChI is InChI=1S/C15H23N3OS/c1-11-16-14(10-20-11)3-2-4-15(19)18-8-7-12-5-6-13(9-18)17-12/h10,12-13,17H,2-9H2,1H3. The van der Waals surface area contributed by atoms with E-state index in [0.717, 1.165) is 43.1 Å². The molecule has 1 amide bonds. The van der Waals surface area contributed by atoms with Gasteiger partial charge in [0.15, 0.2) is 0 Å². The minimum absolute atomic E-state index is 0.325. The molecule has 20 heavy (non-hydrogen) atoms. The Kier molecular flexibility index (Phi) is 4.36. The number of likely N-dealkylation sites (tertiary alicyclic amines) is 1. The summed E-state index contributed by atoms with van der Waals surface area (Å²) < 4.78 is 0. The number of hydrogen-bond donors (Lipinski definition) is 1. The van der Waals surface area contributed by atoms with Crippen molar-refractivity contribution >= 4 is 17.2 Å². The summed E-state index contributed by atoms with van der Waals surface area (Å²) in [5.41, 5.74) is 1.14. The van der Waals surface area contributed by atoms with Gasteiger partial charge in [0, 0.05) is 37.0 Å². The molecule has 110 valence electrons. The van der Waals surface area contributed by atoms with Crippen molar-refractivity contribution in [3.63, 3.8) is 0 Å². The van der Waals surface area contributed by atoms with Crippen LogP contribution in [0.15, 0.2) is 5.38 Å². The van der Waals surface area contributed by atoms with Crippen molar-refractivity contribution in [2.45, 2.75) is 57.5 Å². The Morgan fingerprint density at radius 1 is 1.45 bits per heavy atom. The molecule has 0 spiro atoms. The minimum Gasteiger partial charge on any atom is -0.341 e. The summed E-state index contributed by atoms with van der Waals surface area (Å²) in [6.45, 7) is 3.87. The van der Waals surface area contributed by atoms with Crippen LogP contribution in [0.25, 0.3) is 0 Å². The second-order valence-electron chi connectivity index (χ2n) is 5.98. The van der Waals surface area contributed by atoms with Gasteiger partial charge >= 0.3 is 0 Å². The molecular formula is C15H23N3OS. The smallest absolute Gasteiger partial charge is 0.222 e. The van der Waals surface area contributed by atoms with Crippen molar-refractivity contribution in [2.24, 2.45) is 0 Å². The number of aryl methyl sites for hydroxylation is 2. The Bertz CT molecular complexity index is 473. The van der Waals surface area contributed by atoms with Crippen molar-refractivity contribution in [3.05, 3.63) is 16.1 Å². The van der Waals surface area contributed by atoms with Crippen LogP contribution in [0.4, 0.5) is 0 Å². The first kappa shape index (κ1) is 14.0. The third kappa shape index (κ3) is 3.38. The first-order valence-corrected chi connectivity index (χ1v) is 8.53. The summed E-state index contributed by atoms with van der Waals surface area (Å²) in [6, 6.07) is 1.18. The van der Waals surface area contributed by atoms with E-state index in [1.165, 1.54) is 12.8 Å². The van der Waals surface area contributed by atoms with Crippen LogP contribution >= 0.6 is 11.3 Å². The molecule has 0 saturated carbocycles. The molecule has 1 aromatic heterocycles. The molecule has 2 fully saturated rings. The van der Waals surface area contributed by atoms with Crippen molar-refractivity contribution in [1.82, 2.24) is 15.2 Å². The number of nitrogens with zero attached hydrogens (tertiary/aromatic N) is 2. The number of fused-ring (bicyclic) bond motifs is 2. The average Bonchev–Trinajstić information content (AvgIpc) is 2.95. The largest absolute Gasteiger partial charge is 0.341 e. The number of aromatic nitrogens is 1. The van der Waals surface area contributed by atoms with E-state index in [-0.39, 0.29) is 0 Å². The van der Waals surface area contributed by atoms with Crippen LogP contribution in [-0.2, 0) is 11.2 Å². The van der Waals surface area contributed by atoms with Gasteiger partial charge in [-0.3, -0.25) is 4.79 Å². The van der Waals surface area contributed by atoms with Crippen LogP contribution < -0.4 is 5.32 Å². The first-order valence-electron chi connectivity index (χ1n) is 7.65. The fourth-order valence-electron chi connectivity index (χ4n) is 3.27. The van der Waals surface area contributed by atoms with Gasteiger partial charge in [-0.25, -0.2) is 4.98 Å². The molecule has 2 aliphatic rings. The van der Waals surface area contributed by atoms with E-state index >= 15 is 0 Å². The lowest BCUT2D eigenvalue weighted by Crippen LogP contribution is -2.38. The zero-order chi connectivity index (χ0) is 13.9. The van der Waals surface area contributed by atoms with Gasteiger partial charge in [-0.15, -0.1) is 11.3 Å². The number of hydrogen-bond acceptors (Lipinski definition) is 4. The van der Waals surface area contributed by atoms with E-state index in [2.05, 4.69) is 20.6 Å². The lowest BCUT2D eigenvalue weighted by molar-refractivity contribution is -0.131. The van der Waals surface area contributed by atoms with E-state index in [1.54, 1.807) is 11.3 Å². The Morgan fingerprint density at radius 3 is 3.10 bits per heavy atom. The molecule has 4 nitrogen and oxygen atoms in total. The second-order valence-corrected chi connectivity index (χ2v) is 7.04. The van der Waals surface area contributed by atoms with Gasteiger partial charge in [-0.05, 0) is 39.0 Å². The molecule has 2 atom stereocenters. The highest BCUT2D eigenvalue weighted by Crippen LogP contribution is 2.21. The van der Waals surface area contributed by atoms with Crippen LogP contribution in [-0.4, -0.2) is 41.0 Å². The summed E-state index contributed by atoms with van der Waals surface area (Å²) >= 11 is 1.69. The number of carbonyl (C=O) groups is 1. The van der Waals surface area contributed by atoms with E-state index in [9.17, 15) is 4.79 Å². The summed E-state index contributed by atoms with van der Waals surface area (Å²) in [6.07, 6.45) is 6.14. The molecule has 2 saturated heterocycles. The SMILES string of the molecule is Cc1nc(CCCC(=O)N2CCC3CCC(C2)N3)cs1. The Hall–Kier alpha value is -0.940. The average molecular weight is 293 g/mol. The highest BCUT2D eigenvalue weighted by molar-refractivity contribution is 7.09. The third-order valence-corrected chi connectivity index (χ3v) is 5.19. The van der Waals surface area contributed by atoms with Gasteiger partial charge in [0.1, 0.15) is 0 Å². The molecule has 2 aliphatic heterocycles. The van der Waals surface area contributed by atoms with Crippen LogP contribution in [0.3, 0.4) is 0 Å². The first-order chi connectivity index (χ1) is 9.70. The minimum atomic E-state index is 0.325. The second kappa shape index (κ2) is 6.22. The molecule has 5 heteroatoms. The maximum absolute atomic E-state index is 12.3. The van der Waals surface area contributed by atoms with Crippen LogP contribution in [0.5, 0.6) is 0 Å². The van der Waals surface area contributed by atoms with Gasteiger partial charge in [-0.2, -0.15) is 0 Å². The third-order valence-electron chi connectivity index (χ3n) is 4.37. The lowest BCUT2D eigenvalue weighted by atomic mass is 10.1. The molecule has 3 rings (SSSR count). The maximum Gasteiger partial charge on any atom is 0.222 e. The summed E-state index contributed by atoms with van der Waals surface area (Å²) in [7, 11) is 0. The number of thiazole rings is 1.